The van der Waals surface area contributed by atoms with Gasteiger partial charge in [-0.2, -0.15) is 9.40 Å². The Bertz CT molecular complexity index is 1040. The van der Waals surface area contributed by atoms with Gasteiger partial charge in [0.2, 0.25) is 10.0 Å². The molecule has 1 unspecified atom stereocenters. The van der Waals surface area contributed by atoms with Gasteiger partial charge >= 0.3 is 0 Å². The maximum absolute atomic E-state index is 12.8. The van der Waals surface area contributed by atoms with Crippen molar-refractivity contribution in [1.82, 2.24) is 14.1 Å². The van der Waals surface area contributed by atoms with E-state index < -0.39 is 20.0 Å². The van der Waals surface area contributed by atoms with Crippen molar-refractivity contribution in [3.63, 3.8) is 0 Å². The fraction of sp³-hybridized carbons (Fsp3) is 0.500. The monoisotopic (exact) mass is 426 g/mol. The SMILES string of the molecule is CCn1ncc(S(=O)(=O)Nc2ccc(S(=O)(=O)N3CCCC(C)C3)cc2)c1C. The molecule has 3 rings (SSSR count). The fourth-order valence-corrected chi connectivity index (χ4v) is 6.27. The number of anilines is 1. The van der Waals surface area contributed by atoms with Gasteiger partial charge in [-0.15, -0.1) is 0 Å². The normalized spacial score (nSPS) is 18.9. The Morgan fingerprint density at radius 2 is 1.86 bits per heavy atom. The minimum Gasteiger partial charge on any atom is -0.280 e. The zero-order valence-electron chi connectivity index (χ0n) is 16.3. The Labute approximate surface area is 166 Å². The van der Waals surface area contributed by atoms with E-state index in [0.717, 1.165) is 12.8 Å². The van der Waals surface area contributed by atoms with Crippen LogP contribution < -0.4 is 4.72 Å². The summed E-state index contributed by atoms with van der Waals surface area (Å²) in [7, 11) is -7.37. The summed E-state index contributed by atoms with van der Waals surface area (Å²) in [6.07, 6.45) is 3.20. The molecule has 10 heteroatoms. The van der Waals surface area contributed by atoms with E-state index >= 15 is 0 Å². The molecule has 2 aromatic rings. The van der Waals surface area contributed by atoms with E-state index in [-0.39, 0.29) is 9.79 Å². The van der Waals surface area contributed by atoms with Crippen LogP contribution in [0.2, 0.25) is 0 Å². The molecular weight excluding hydrogens is 400 g/mol. The number of sulfonamides is 2. The summed E-state index contributed by atoms with van der Waals surface area (Å²) < 4.78 is 56.5. The molecule has 1 aliphatic heterocycles. The van der Waals surface area contributed by atoms with Crippen LogP contribution in [0.5, 0.6) is 0 Å². The van der Waals surface area contributed by atoms with Crippen molar-refractivity contribution >= 4 is 25.7 Å². The van der Waals surface area contributed by atoms with Gasteiger partial charge in [0, 0.05) is 25.3 Å². The van der Waals surface area contributed by atoms with Crippen LogP contribution in [0.1, 0.15) is 32.4 Å². The number of hydrogen-bond acceptors (Lipinski definition) is 5. The van der Waals surface area contributed by atoms with Gasteiger partial charge in [-0.1, -0.05) is 6.92 Å². The molecule has 0 amide bonds. The number of nitrogens with one attached hydrogen (secondary N) is 1. The molecular formula is C18H26N4O4S2. The summed E-state index contributed by atoms with van der Waals surface area (Å²) in [4.78, 5) is 0.271. The Hall–Kier alpha value is -1.91. The fourth-order valence-electron chi connectivity index (χ4n) is 3.43. The molecule has 1 N–H and O–H groups in total. The molecule has 154 valence electrons. The lowest BCUT2D eigenvalue weighted by atomic mass is 10.0. The number of piperidine rings is 1. The van der Waals surface area contributed by atoms with Crippen LogP contribution in [0.3, 0.4) is 0 Å². The molecule has 1 aromatic heterocycles. The molecule has 1 atom stereocenters. The van der Waals surface area contributed by atoms with Gasteiger partial charge in [0.15, 0.2) is 0 Å². The molecule has 1 aromatic carbocycles. The van der Waals surface area contributed by atoms with E-state index in [2.05, 4.69) is 9.82 Å². The third-order valence-corrected chi connectivity index (χ3v) is 8.37. The van der Waals surface area contributed by atoms with Crippen molar-refractivity contribution in [3.8, 4) is 0 Å². The Balaban J connectivity index is 1.80. The predicted molar refractivity (Wildman–Crippen MR) is 107 cm³/mol. The minimum atomic E-state index is -3.80. The van der Waals surface area contributed by atoms with E-state index in [4.69, 9.17) is 0 Å². The molecule has 1 fully saturated rings. The van der Waals surface area contributed by atoms with Crippen molar-refractivity contribution in [2.75, 3.05) is 17.8 Å². The van der Waals surface area contributed by atoms with Crippen molar-refractivity contribution in [2.45, 2.75) is 49.9 Å². The van der Waals surface area contributed by atoms with Crippen molar-refractivity contribution < 1.29 is 16.8 Å². The molecule has 0 spiro atoms. The predicted octanol–water partition coefficient (Wildman–Crippen LogP) is 2.43. The highest BCUT2D eigenvalue weighted by atomic mass is 32.2. The maximum atomic E-state index is 12.8. The van der Waals surface area contributed by atoms with Gasteiger partial charge < -0.3 is 0 Å². The van der Waals surface area contributed by atoms with E-state index in [1.54, 1.807) is 11.6 Å². The summed E-state index contributed by atoms with van der Waals surface area (Å²) in [6, 6.07) is 5.82. The number of benzene rings is 1. The van der Waals surface area contributed by atoms with Crippen LogP contribution in [0.15, 0.2) is 40.3 Å². The second kappa shape index (κ2) is 7.84. The molecule has 0 radical (unpaired) electrons. The van der Waals surface area contributed by atoms with Crippen molar-refractivity contribution in [3.05, 3.63) is 36.2 Å². The highest BCUT2D eigenvalue weighted by Gasteiger charge is 2.28. The van der Waals surface area contributed by atoms with Gasteiger partial charge in [0.1, 0.15) is 4.90 Å². The first-order valence-corrected chi connectivity index (χ1v) is 12.2. The lowest BCUT2D eigenvalue weighted by molar-refractivity contribution is 0.281. The van der Waals surface area contributed by atoms with E-state index in [1.807, 2.05) is 13.8 Å². The quantitative estimate of drug-likeness (QED) is 0.764. The summed E-state index contributed by atoms with van der Waals surface area (Å²) in [6.45, 7) is 7.22. The van der Waals surface area contributed by atoms with Gasteiger partial charge in [0.25, 0.3) is 10.0 Å². The molecule has 0 saturated carbocycles. The van der Waals surface area contributed by atoms with Crippen LogP contribution >= 0.6 is 0 Å². The zero-order chi connectivity index (χ0) is 20.5. The van der Waals surface area contributed by atoms with Crippen LogP contribution in [-0.2, 0) is 26.6 Å². The number of aryl methyl sites for hydroxylation is 1. The van der Waals surface area contributed by atoms with E-state index in [0.29, 0.717) is 36.9 Å². The summed E-state index contributed by atoms with van der Waals surface area (Å²) in [5.74, 6) is 0.335. The van der Waals surface area contributed by atoms with Crippen LogP contribution in [0, 0.1) is 12.8 Å². The Kier molecular flexibility index (Phi) is 5.83. The molecule has 28 heavy (non-hydrogen) atoms. The average Bonchev–Trinajstić information content (AvgIpc) is 3.03. The summed E-state index contributed by atoms with van der Waals surface area (Å²) in [5.41, 5.74) is 0.850. The summed E-state index contributed by atoms with van der Waals surface area (Å²) in [5, 5.41) is 4.06. The second-order valence-electron chi connectivity index (χ2n) is 7.15. The maximum Gasteiger partial charge on any atom is 0.265 e. The van der Waals surface area contributed by atoms with Crippen LogP contribution in [0.25, 0.3) is 0 Å². The smallest absolute Gasteiger partial charge is 0.265 e. The molecule has 1 saturated heterocycles. The highest BCUT2D eigenvalue weighted by Crippen LogP contribution is 2.25. The highest BCUT2D eigenvalue weighted by molar-refractivity contribution is 7.92. The lowest BCUT2D eigenvalue weighted by Gasteiger charge is -2.30. The third-order valence-electron chi connectivity index (χ3n) is 5.01. The number of aromatic nitrogens is 2. The van der Waals surface area contributed by atoms with Crippen molar-refractivity contribution in [1.29, 1.82) is 0 Å². The third kappa shape index (κ3) is 4.08. The number of hydrogen-bond donors (Lipinski definition) is 1. The van der Waals surface area contributed by atoms with Crippen LogP contribution in [-0.4, -0.2) is 44.0 Å². The number of rotatable bonds is 6. The average molecular weight is 427 g/mol. The first-order chi connectivity index (χ1) is 13.1. The molecule has 8 nitrogen and oxygen atoms in total. The minimum absolute atomic E-state index is 0.105. The van der Waals surface area contributed by atoms with Gasteiger partial charge in [-0.3, -0.25) is 9.40 Å². The standard InChI is InChI=1S/C18H26N4O4S2/c1-4-22-15(3)18(12-19-22)27(23,24)20-16-7-9-17(10-8-16)28(25,26)21-11-5-6-14(2)13-21/h7-10,12,14,20H,4-6,11,13H2,1-3H3. The van der Waals surface area contributed by atoms with Gasteiger partial charge in [-0.25, -0.2) is 16.8 Å². The lowest BCUT2D eigenvalue weighted by Crippen LogP contribution is -2.39. The second-order valence-corrected chi connectivity index (χ2v) is 10.7. The number of nitrogens with zero attached hydrogens (tertiary/aromatic N) is 3. The molecule has 0 aliphatic carbocycles. The Morgan fingerprint density at radius 3 is 2.43 bits per heavy atom. The van der Waals surface area contributed by atoms with Crippen LogP contribution in [0.4, 0.5) is 5.69 Å². The largest absolute Gasteiger partial charge is 0.280 e. The summed E-state index contributed by atoms with van der Waals surface area (Å²) >= 11 is 0. The zero-order valence-corrected chi connectivity index (χ0v) is 17.9. The first-order valence-electron chi connectivity index (χ1n) is 9.30. The first kappa shape index (κ1) is 20.8. The van der Waals surface area contributed by atoms with Gasteiger partial charge in [-0.05, 0) is 56.9 Å². The van der Waals surface area contributed by atoms with E-state index in [1.165, 1.54) is 34.8 Å². The topological polar surface area (TPSA) is 101 Å². The molecule has 0 bridgehead atoms. The van der Waals surface area contributed by atoms with Crippen molar-refractivity contribution in [2.24, 2.45) is 5.92 Å². The molecule has 1 aliphatic rings. The van der Waals surface area contributed by atoms with Gasteiger partial charge in [0.05, 0.1) is 16.8 Å². The van der Waals surface area contributed by atoms with E-state index in [9.17, 15) is 16.8 Å². The molecule has 2 heterocycles. The Morgan fingerprint density at radius 1 is 1.18 bits per heavy atom.